The molecule has 1 aliphatic heterocycles. The minimum atomic E-state index is -0.860. The number of benzene rings is 1. The summed E-state index contributed by atoms with van der Waals surface area (Å²) in [5.41, 5.74) is 1.06. The number of methoxy groups -OCH3 is 1. The van der Waals surface area contributed by atoms with Crippen molar-refractivity contribution < 1.29 is 19.4 Å². The Hall–Kier alpha value is -2.04. The Kier molecular flexibility index (Phi) is 3.82. The minimum absolute atomic E-state index is 0.00435. The molecule has 0 fully saturated rings. The molecule has 1 aromatic rings. The standard InChI is InChI=1S/C13H15NO4/c1-17-10-4-2-9(3-5-10)6-12-14-8-11(18-12)7-13(15)16/h2-5,11H,6-8H2,1H3,(H,15,16). The smallest absolute Gasteiger partial charge is 0.307 e. The Balaban J connectivity index is 1.88. The highest BCUT2D eigenvalue weighted by Gasteiger charge is 2.22. The molecule has 96 valence electrons. The molecule has 5 heteroatoms. The van der Waals surface area contributed by atoms with E-state index in [4.69, 9.17) is 14.6 Å². The van der Waals surface area contributed by atoms with Crippen molar-refractivity contribution in [1.82, 2.24) is 0 Å². The number of aliphatic imine (C=N–C) groups is 1. The topological polar surface area (TPSA) is 68.1 Å². The number of hydrogen-bond acceptors (Lipinski definition) is 4. The Bertz CT molecular complexity index is 453. The molecule has 1 aliphatic rings. The van der Waals surface area contributed by atoms with Crippen LogP contribution in [0.4, 0.5) is 0 Å². The Morgan fingerprint density at radius 1 is 1.50 bits per heavy atom. The average molecular weight is 249 g/mol. The lowest BCUT2D eigenvalue weighted by atomic mass is 10.1. The van der Waals surface area contributed by atoms with Crippen LogP contribution in [0.3, 0.4) is 0 Å². The average Bonchev–Trinajstić information content (AvgIpc) is 2.76. The molecular formula is C13H15NO4. The second-order valence-corrected chi connectivity index (χ2v) is 4.10. The van der Waals surface area contributed by atoms with Crippen LogP contribution in [0.15, 0.2) is 29.3 Å². The minimum Gasteiger partial charge on any atom is -0.497 e. The summed E-state index contributed by atoms with van der Waals surface area (Å²) in [5, 5.41) is 8.66. The van der Waals surface area contributed by atoms with Gasteiger partial charge < -0.3 is 14.6 Å². The molecule has 1 unspecified atom stereocenters. The van der Waals surface area contributed by atoms with Gasteiger partial charge in [-0.25, -0.2) is 0 Å². The molecule has 1 heterocycles. The van der Waals surface area contributed by atoms with Crippen LogP contribution in [0.2, 0.25) is 0 Å². The number of carboxylic acids is 1. The molecule has 0 amide bonds. The normalized spacial score (nSPS) is 18.1. The van der Waals surface area contributed by atoms with Crippen LogP contribution < -0.4 is 4.74 Å². The maximum Gasteiger partial charge on any atom is 0.307 e. The zero-order valence-electron chi connectivity index (χ0n) is 10.1. The summed E-state index contributed by atoms with van der Waals surface area (Å²) in [4.78, 5) is 14.8. The van der Waals surface area contributed by atoms with E-state index in [0.29, 0.717) is 18.9 Å². The largest absolute Gasteiger partial charge is 0.497 e. The number of ether oxygens (including phenoxy) is 2. The third-order valence-corrected chi connectivity index (χ3v) is 2.69. The molecule has 0 saturated carbocycles. The van der Waals surface area contributed by atoms with Gasteiger partial charge in [-0.3, -0.25) is 9.79 Å². The summed E-state index contributed by atoms with van der Waals surface area (Å²) in [6.45, 7) is 0.428. The van der Waals surface area contributed by atoms with E-state index in [2.05, 4.69) is 4.99 Å². The van der Waals surface area contributed by atoms with E-state index in [1.807, 2.05) is 24.3 Å². The number of carbonyl (C=O) groups is 1. The lowest BCUT2D eigenvalue weighted by Crippen LogP contribution is -2.18. The Morgan fingerprint density at radius 3 is 2.83 bits per heavy atom. The molecule has 1 aromatic carbocycles. The van der Waals surface area contributed by atoms with Gasteiger partial charge in [-0.1, -0.05) is 12.1 Å². The molecule has 1 N–H and O–H groups in total. The van der Waals surface area contributed by atoms with Gasteiger partial charge in [0.1, 0.15) is 11.9 Å². The first-order valence-electron chi connectivity index (χ1n) is 5.72. The Morgan fingerprint density at radius 2 is 2.22 bits per heavy atom. The van der Waals surface area contributed by atoms with Crippen molar-refractivity contribution in [3.8, 4) is 5.75 Å². The van der Waals surface area contributed by atoms with E-state index in [1.54, 1.807) is 7.11 Å². The first-order valence-corrected chi connectivity index (χ1v) is 5.72. The van der Waals surface area contributed by atoms with Crippen molar-refractivity contribution >= 4 is 11.9 Å². The predicted molar refractivity (Wildman–Crippen MR) is 66.1 cm³/mol. The summed E-state index contributed by atoms with van der Waals surface area (Å²) < 4.78 is 10.5. The summed E-state index contributed by atoms with van der Waals surface area (Å²) in [7, 11) is 1.62. The van der Waals surface area contributed by atoms with Crippen molar-refractivity contribution in [2.24, 2.45) is 4.99 Å². The van der Waals surface area contributed by atoms with Gasteiger partial charge in [0, 0.05) is 6.42 Å². The molecule has 0 saturated heterocycles. The highest BCUT2D eigenvalue weighted by molar-refractivity contribution is 5.81. The summed E-state index contributed by atoms with van der Waals surface area (Å²) in [6, 6.07) is 7.63. The van der Waals surface area contributed by atoms with Gasteiger partial charge >= 0.3 is 5.97 Å². The van der Waals surface area contributed by atoms with Gasteiger partial charge in [-0.15, -0.1) is 0 Å². The maximum atomic E-state index is 10.5. The number of hydrogen-bond donors (Lipinski definition) is 1. The quantitative estimate of drug-likeness (QED) is 0.858. The van der Waals surface area contributed by atoms with E-state index in [0.717, 1.165) is 11.3 Å². The van der Waals surface area contributed by atoms with E-state index < -0.39 is 5.97 Å². The first-order chi connectivity index (χ1) is 8.67. The van der Waals surface area contributed by atoms with E-state index in [9.17, 15) is 4.79 Å². The molecule has 0 aromatic heterocycles. The molecular weight excluding hydrogens is 234 g/mol. The zero-order valence-corrected chi connectivity index (χ0v) is 10.1. The van der Waals surface area contributed by atoms with Crippen LogP contribution in [-0.2, 0) is 16.0 Å². The van der Waals surface area contributed by atoms with E-state index >= 15 is 0 Å². The fourth-order valence-corrected chi connectivity index (χ4v) is 1.79. The zero-order chi connectivity index (χ0) is 13.0. The number of rotatable bonds is 5. The van der Waals surface area contributed by atoms with Gasteiger partial charge in [0.05, 0.1) is 20.1 Å². The number of aliphatic carboxylic acids is 1. The fourth-order valence-electron chi connectivity index (χ4n) is 1.79. The van der Waals surface area contributed by atoms with Crippen molar-refractivity contribution in [3.63, 3.8) is 0 Å². The van der Waals surface area contributed by atoms with Gasteiger partial charge in [0.2, 0.25) is 0 Å². The van der Waals surface area contributed by atoms with Crippen molar-refractivity contribution in [2.45, 2.75) is 18.9 Å². The number of nitrogens with zero attached hydrogens (tertiary/aromatic N) is 1. The van der Waals surface area contributed by atoms with Crippen LogP contribution in [0, 0.1) is 0 Å². The molecule has 1 atom stereocenters. The van der Waals surface area contributed by atoms with Gasteiger partial charge in [0.15, 0.2) is 5.90 Å². The summed E-state index contributed by atoms with van der Waals surface area (Å²) >= 11 is 0. The van der Waals surface area contributed by atoms with Gasteiger partial charge in [-0.2, -0.15) is 0 Å². The van der Waals surface area contributed by atoms with Crippen molar-refractivity contribution in [2.75, 3.05) is 13.7 Å². The fraction of sp³-hybridized carbons (Fsp3) is 0.385. The van der Waals surface area contributed by atoms with Crippen LogP contribution in [0.25, 0.3) is 0 Å². The SMILES string of the molecule is COc1ccc(CC2=NCC(CC(=O)O)O2)cc1. The Labute approximate surface area is 105 Å². The maximum absolute atomic E-state index is 10.5. The first kappa shape index (κ1) is 12.4. The summed E-state index contributed by atoms with van der Waals surface area (Å²) in [6.07, 6.45) is 0.256. The molecule has 0 bridgehead atoms. The third kappa shape index (κ3) is 3.23. The molecule has 18 heavy (non-hydrogen) atoms. The second-order valence-electron chi connectivity index (χ2n) is 4.10. The molecule has 0 radical (unpaired) electrons. The highest BCUT2D eigenvalue weighted by Crippen LogP contribution is 2.15. The van der Waals surface area contributed by atoms with Gasteiger partial charge in [-0.05, 0) is 17.7 Å². The molecule has 0 spiro atoms. The van der Waals surface area contributed by atoms with Crippen LogP contribution >= 0.6 is 0 Å². The lowest BCUT2D eigenvalue weighted by Gasteiger charge is -2.08. The number of carboxylic acid groups (broad SMARTS) is 1. The van der Waals surface area contributed by atoms with Crippen LogP contribution in [-0.4, -0.2) is 36.7 Å². The molecule has 0 aliphatic carbocycles. The van der Waals surface area contributed by atoms with Crippen LogP contribution in [0.1, 0.15) is 12.0 Å². The monoisotopic (exact) mass is 249 g/mol. The second kappa shape index (κ2) is 5.53. The van der Waals surface area contributed by atoms with Crippen LogP contribution in [0.5, 0.6) is 5.75 Å². The van der Waals surface area contributed by atoms with Gasteiger partial charge in [0.25, 0.3) is 0 Å². The molecule has 5 nitrogen and oxygen atoms in total. The van der Waals surface area contributed by atoms with E-state index in [-0.39, 0.29) is 12.5 Å². The van der Waals surface area contributed by atoms with Crippen molar-refractivity contribution in [1.29, 1.82) is 0 Å². The predicted octanol–water partition coefficient (Wildman–Crippen LogP) is 1.51. The van der Waals surface area contributed by atoms with E-state index in [1.165, 1.54) is 0 Å². The molecule has 2 rings (SSSR count). The van der Waals surface area contributed by atoms with Crippen molar-refractivity contribution in [3.05, 3.63) is 29.8 Å². The highest BCUT2D eigenvalue weighted by atomic mass is 16.5. The summed E-state index contributed by atoms with van der Waals surface area (Å²) in [5.74, 6) is 0.545. The third-order valence-electron chi connectivity index (χ3n) is 2.69. The lowest BCUT2D eigenvalue weighted by molar-refractivity contribution is -0.138.